The maximum atomic E-state index is 5.61. The van der Waals surface area contributed by atoms with E-state index in [0.29, 0.717) is 12.4 Å². The Labute approximate surface area is 185 Å². The van der Waals surface area contributed by atoms with E-state index in [1.165, 1.54) is 5.69 Å². The number of aryl methyl sites for hydroxylation is 2. The summed E-state index contributed by atoms with van der Waals surface area (Å²) in [7, 11) is 1.70. The fourth-order valence-electron chi connectivity index (χ4n) is 3.63. The molecule has 0 radical (unpaired) electrons. The molecule has 1 saturated heterocycles. The van der Waals surface area contributed by atoms with Crippen LogP contribution in [0.3, 0.4) is 0 Å². The lowest BCUT2D eigenvalue weighted by Gasteiger charge is -2.36. The number of nitrogens with one attached hydrogen (secondary N) is 2. The van der Waals surface area contributed by atoms with Crippen molar-refractivity contribution in [2.75, 3.05) is 57.8 Å². The maximum absolute atomic E-state index is 5.61. The van der Waals surface area contributed by atoms with E-state index in [2.05, 4.69) is 49.5 Å². The highest BCUT2D eigenvalue weighted by molar-refractivity contribution is 5.79. The van der Waals surface area contributed by atoms with Crippen molar-refractivity contribution in [3.05, 3.63) is 41.6 Å². The number of nitrogens with zero attached hydrogens (tertiary/aromatic N) is 4. The lowest BCUT2D eigenvalue weighted by molar-refractivity contribution is 0.255. The lowest BCUT2D eigenvalue weighted by Crippen LogP contribution is -2.47. The number of guanidine groups is 1. The summed E-state index contributed by atoms with van der Waals surface area (Å²) in [4.78, 5) is 14.0. The van der Waals surface area contributed by atoms with Gasteiger partial charge in [0.15, 0.2) is 5.96 Å². The van der Waals surface area contributed by atoms with Crippen LogP contribution >= 0.6 is 0 Å². The fraction of sp³-hybridized carbons (Fsp3) is 0.565. The third-order valence-corrected chi connectivity index (χ3v) is 5.54. The van der Waals surface area contributed by atoms with Crippen LogP contribution in [0.15, 0.2) is 33.7 Å². The number of ether oxygens (including phenoxy) is 1. The van der Waals surface area contributed by atoms with Gasteiger partial charge >= 0.3 is 0 Å². The van der Waals surface area contributed by atoms with E-state index in [4.69, 9.17) is 9.15 Å². The van der Waals surface area contributed by atoms with E-state index in [9.17, 15) is 0 Å². The van der Waals surface area contributed by atoms with E-state index in [1.807, 2.05) is 26.0 Å². The van der Waals surface area contributed by atoms with Crippen molar-refractivity contribution in [2.45, 2.75) is 33.7 Å². The molecule has 1 aliphatic heterocycles. The number of anilines is 1. The van der Waals surface area contributed by atoms with Crippen LogP contribution in [0.1, 0.15) is 30.7 Å². The van der Waals surface area contributed by atoms with Crippen molar-refractivity contribution in [2.24, 2.45) is 4.99 Å². The van der Waals surface area contributed by atoms with E-state index < -0.39 is 0 Å². The van der Waals surface area contributed by atoms with Gasteiger partial charge in [-0.3, -0.25) is 4.90 Å². The largest absolute Gasteiger partial charge is 0.497 e. The van der Waals surface area contributed by atoms with Gasteiger partial charge in [0.25, 0.3) is 0 Å². The Morgan fingerprint density at radius 2 is 1.87 bits per heavy atom. The van der Waals surface area contributed by atoms with Crippen LogP contribution in [-0.4, -0.2) is 68.8 Å². The van der Waals surface area contributed by atoms with Gasteiger partial charge < -0.3 is 24.7 Å². The fourth-order valence-corrected chi connectivity index (χ4v) is 3.63. The molecule has 8 nitrogen and oxygen atoms in total. The highest BCUT2D eigenvalue weighted by Crippen LogP contribution is 2.20. The van der Waals surface area contributed by atoms with Crippen molar-refractivity contribution in [3.63, 3.8) is 0 Å². The van der Waals surface area contributed by atoms with Crippen LogP contribution in [0.5, 0.6) is 5.75 Å². The summed E-state index contributed by atoms with van der Waals surface area (Å²) in [5.41, 5.74) is 2.19. The number of oxazole rings is 1. The number of aromatic nitrogens is 1. The summed E-state index contributed by atoms with van der Waals surface area (Å²) in [5, 5.41) is 6.70. The molecule has 0 amide bonds. The molecule has 2 aromatic rings. The van der Waals surface area contributed by atoms with Crippen molar-refractivity contribution < 1.29 is 9.15 Å². The van der Waals surface area contributed by atoms with Gasteiger partial charge in [0.2, 0.25) is 5.89 Å². The molecule has 2 N–H and O–H groups in total. The van der Waals surface area contributed by atoms with Crippen LogP contribution < -0.4 is 20.3 Å². The molecule has 0 spiro atoms. The van der Waals surface area contributed by atoms with Gasteiger partial charge in [-0.15, -0.1) is 0 Å². The van der Waals surface area contributed by atoms with E-state index >= 15 is 0 Å². The molecular formula is C23H36N6O2. The van der Waals surface area contributed by atoms with Gasteiger partial charge in [-0.05, 0) is 58.0 Å². The highest BCUT2D eigenvalue weighted by Gasteiger charge is 2.16. The first-order valence-corrected chi connectivity index (χ1v) is 11.2. The molecule has 2 heterocycles. The van der Waals surface area contributed by atoms with Gasteiger partial charge in [0.1, 0.15) is 18.1 Å². The predicted octanol–water partition coefficient (Wildman–Crippen LogP) is 2.57. The van der Waals surface area contributed by atoms with E-state index in [1.54, 1.807) is 7.11 Å². The number of benzene rings is 1. The number of hydrogen-bond acceptors (Lipinski definition) is 6. The summed E-state index contributed by atoms with van der Waals surface area (Å²) in [6.07, 6.45) is 1.07. The smallest absolute Gasteiger partial charge is 0.216 e. The Morgan fingerprint density at radius 3 is 2.48 bits per heavy atom. The second-order valence-electron chi connectivity index (χ2n) is 7.75. The van der Waals surface area contributed by atoms with Crippen molar-refractivity contribution in [3.8, 4) is 5.75 Å². The first-order chi connectivity index (χ1) is 15.1. The number of aliphatic imine (C=N–C) groups is 1. The molecule has 1 aliphatic rings. The highest BCUT2D eigenvalue weighted by atomic mass is 16.5. The Balaban J connectivity index is 1.36. The maximum Gasteiger partial charge on any atom is 0.216 e. The molecule has 8 heteroatoms. The van der Waals surface area contributed by atoms with E-state index in [0.717, 1.165) is 75.4 Å². The minimum absolute atomic E-state index is 0.442. The molecule has 1 fully saturated rings. The second-order valence-corrected chi connectivity index (χ2v) is 7.75. The molecule has 3 rings (SSSR count). The minimum Gasteiger partial charge on any atom is -0.497 e. The number of methoxy groups -OCH3 is 1. The van der Waals surface area contributed by atoms with E-state index in [-0.39, 0.29) is 0 Å². The Bertz CT molecular complexity index is 806. The minimum atomic E-state index is 0.442. The second kappa shape index (κ2) is 11.6. The van der Waals surface area contributed by atoms with Crippen LogP contribution in [-0.2, 0) is 6.54 Å². The third kappa shape index (κ3) is 6.89. The normalized spacial score (nSPS) is 15.2. The monoisotopic (exact) mass is 428 g/mol. The van der Waals surface area contributed by atoms with Gasteiger partial charge in [0.05, 0.1) is 12.8 Å². The van der Waals surface area contributed by atoms with Gasteiger partial charge in [0, 0.05) is 45.0 Å². The Kier molecular flexibility index (Phi) is 8.58. The zero-order chi connectivity index (χ0) is 22.1. The number of rotatable bonds is 9. The standard InChI is InChI=1S/C23H36N6O2/c1-5-24-23(26-17-22-27-18(2)19(3)31-22)25-11-6-12-28-13-15-29(16-14-28)20-7-9-21(30-4)10-8-20/h7-10H,5-6,11-17H2,1-4H3,(H2,24,25,26). The topological polar surface area (TPSA) is 78.2 Å². The average molecular weight is 429 g/mol. The lowest BCUT2D eigenvalue weighted by atomic mass is 10.2. The first-order valence-electron chi connectivity index (χ1n) is 11.2. The zero-order valence-corrected chi connectivity index (χ0v) is 19.3. The molecule has 0 bridgehead atoms. The molecule has 0 unspecified atom stereocenters. The summed E-state index contributed by atoms with van der Waals surface area (Å²) >= 11 is 0. The summed E-state index contributed by atoms with van der Waals surface area (Å²) in [6.45, 7) is 13.5. The Morgan fingerprint density at radius 1 is 1.13 bits per heavy atom. The third-order valence-electron chi connectivity index (χ3n) is 5.54. The molecule has 0 aliphatic carbocycles. The number of hydrogen-bond donors (Lipinski definition) is 2. The van der Waals surface area contributed by atoms with Gasteiger partial charge in [-0.25, -0.2) is 9.98 Å². The van der Waals surface area contributed by atoms with Crippen molar-refractivity contribution >= 4 is 11.6 Å². The van der Waals surface area contributed by atoms with Gasteiger partial charge in [-0.1, -0.05) is 0 Å². The summed E-state index contributed by atoms with van der Waals surface area (Å²) < 4.78 is 10.9. The summed E-state index contributed by atoms with van der Waals surface area (Å²) in [6, 6.07) is 8.34. The quantitative estimate of drug-likeness (QED) is 0.361. The Hall–Kier alpha value is -2.74. The molecular weight excluding hydrogens is 392 g/mol. The SMILES string of the molecule is CCNC(=NCc1nc(C)c(C)o1)NCCCN1CCN(c2ccc(OC)cc2)CC1. The number of piperazine rings is 1. The van der Waals surface area contributed by atoms with Crippen LogP contribution in [0.4, 0.5) is 5.69 Å². The molecule has 0 atom stereocenters. The average Bonchev–Trinajstić information content (AvgIpc) is 3.12. The van der Waals surface area contributed by atoms with Crippen LogP contribution in [0.25, 0.3) is 0 Å². The van der Waals surface area contributed by atoms with Crippen LogP contribution in [0.2, 0.25) is 0 Å². The molecule has 31 heavy (non-hydrogen) atoms. The van der Waals surface area contributed by atoms with Crippen LogP contribution in [0, 0.1) is 13.8 Å². The molecule has 1 aromatic heterocycles. The first kappa shape index (κ1) is 22.9. The predicted molar refractivity (Wildman–Crippen MR) is 125 cm³/mol. The zero-order valence-electron chi connectivity index (χ0n) is 19.3. The molecule has 1 aromatic carbocycles. The molecule has 170 valence electrons. The summed E-state index contributed by atoms with van der Waals surface area (Å²) in [5.74, 6) is 3.22. The van der Waals surface area contributed by atoms with Crippen molar-refractivity contribution in [1.82, 2.24) is 20.5 Å². The van der Waals surface area contributed by atoms with Crippen molar-refractivity contribution in [1.29, 1.82) is 0 Å². The molecule has 0 saturated carbocycles. The van der Waals surface area contributed by atoms with Gasteiger partial charge in [-0.2, -0.15) is 0 Å².